The summed E-state index contributed by atoms with van der Waals surface area (Å²) in [4.78, 5) is 11.8. The average Bonchev–Trinajstić information content (AvgIpc) is 2.42. The van der Waals surface area contributed by atoms with Crippen molar-refractivity contribution in [1.82, 2.24) is 0 Å². The molecular formula is C16H20BrFO2. The minimum atomic E-state index is -0.716. The van der Waals surface area contributed by atoms with Gasteiger partial charge in [0.05, 0.1) is 5.41 Å². The van der Waals surface area contributed by atoms with Crippen molar-refractivity contribution in [2.24, 2.45) is 11.3 Å². The molecule has 1 N–H and O–H groups in total. The van der Waals surface area contributed by atoms with Crippen LogP contribution in [0.5, 0.6) is 0 Å². The molecule has 1 aliphatic carbocycles. The highest BCUT2D eigenvalue weighted by molar-refractivity contribution is 9.10. The van der Waals surface area contributed by atoms with E-state index < -0.39 is 11.4 Å². The van der Waals surface area contributed by atoms with Crippen LogP contribution in [0.15, 0.2) is 22.7 Å². The van der Waals surface area contributed by atoms with Crippen LogP contribution in [0.25, 0.3) is 0 Å². The maximum Gasteiger partial charge on any atom is 0.309 e. The van der Waals surface area contributed by atoms with Crippen LogP contribution in [0.1, 0.15) is 44.6 Å². The molecule has 0 aromatic heterocycles. The van der Waals surface area contributed by atoms with E-state index >= 15 is 0 Å². The molecule has 0 saturated heterocycles. The Labute approximate surface area is 127 Å². The summed E-state index contributed by atoms with van der Waals surface area (Å²) in [7, 11) is 0. The van der Waals surface area contributed by atoms with Crippen molar-refractivity contribution in [2.45, 2.75) is 45.4 Å². The zero-order valence-corrected chi connectivity index (χ0v) is 13.2. The topological polar surface area (TPSA) is 37.3 Å². The average molecular weight is 343 g/mol. The number of carboxylic acid groups (broad SMARTS) is 1. The number of hydrogen-bond donors (Lipinski definition) is 1. The molecule has 20 heavy (non-hydrogen) atoms. The molecule has 2 rings (SSSR count). The third-order valence-electron chi connectivity index (χ3n) is 4.52. The summed E-state index contributed by atoms with van der Waals surface area (Å²) in [5.41, 5.74) is 0.185. The second kappa shape index (κ2) is 6.25. The maximum absolute atomic E-state index is 13.2. The number of carboxylic acids is 1. The van der Waals surface area contributed by atoms with E-state index in [1.165, 1.54) is 12.1 Å². The Balaban J connectivity index is 2.27. The molecule has 1 aliphatic rings. The Morgan fingerprint density at radius 1 is 1.55 bits per heavy atom. The van der Waals surface area contributed by atoms with Gasteiger partial charge in [0.2, 0.25) is 0 Å². The van der Waals surface area contributed by atoms with Gasteiger partial charge in [-0.15, -0.1) is 0 Å². The second-order valence-corrected chi connectivity index (χ2v) is 6.72. The first-order valence-corrected chi connectivity index (χ1v) is 7.93. The molecule has 0 radical (unpaired) electrons. The first kappa shape index (κ1) is 15.5. The number of benzene rings is 1. The lowest BCUT2D eigenvalue weighted by Gasteiger charge is -2.37. The van der Waals surface area contributed by atoms with Crippen molar-refractivity contribution in [3.63, 3.8) is 0 Å². The van der Waals surface area contributed by atoms with Gasteiger partial charge in [-0.05, 0) is 42.9 Å². The lowest BCUT2D eigenvalue weighted by molar-refractivity contribution is -0.152. The predicted molar refractivity (Wildman–Crippen MR) is 80.1 cm³/mol. The van der Waals surface area contributed by atoms with Crippen LogP contribution < -0.4 is 0 Å². The number of halogens is 2. The SMILES string of the molecule is CCC1CCCC(Cc2ccc(F)cc2Br)(C(=O)O)C1. The standard InChI is InChI=1S/C16H20BrFO2/c1-2-11-4-3-7-16(9-11,15(19)20)10-12-5-6-13(18)8-14(12)17/h5-6,8,11H,2-4,7,9-10H2,1H3,(H,19,20). The van der Waals surface area contributed by atoms with Gasteiger partial charge in [-0.2, -0.15) is 0 Å². The van der Waals surface area contributed by atoms with Gasteiger partial charge in [0.25, 0.3) is 0 Å². The van der Waals surface area contributed by atoms with Crippen LogP contribution in [0, 0.1) is 17.2 Å². The Hall–Kier alpha value is -0.900. The molecule has 4 heteroatoms. The quantitative estimate of drug-likeness (QED) is 0.852. The van der Waals surface area contributed by atoms with Gasteiger partial charge >= 0.3 is 5.97 Å². The normalized spacial score (nSPS) is 26.4. The Morgan fingerprint density at radius 2 is 2.30 bits per heavy atom. The molecule has 1 aromatic carbocycles. The van der Waals surface area contributed by atoms with Crippen molar-refractivity contribution in [3.05, 3.63) is 34.1 Å². The molecular weight excluding hydrogens is 323 g/mol. The molecule has 110 valence electrons. The Morgan fingerprint density at radius 3 is 2.90 bits per heavy atom. The van der Waals surface area contributed by atoms with Crippen LogP contribution >= 0.6 is 15.9 Å². The summed E-state index contributed by atoms with van der Waals surface area (Å²) < 4.78 is 13.8. The number of carbonyl (C=O) groups is 1. The smallest absolute Gasteiger partial charge is 0.309 e. The van der Waals surface area contributed by atoms with E-state index in [1.807, 2.05) is 0 Å². The third-order valence-corrected chi connectivity index (χ3v) is 5.26. The van der Waals surface area contributed by atoms with Gasteiger partial charge < -0.3 is 5.11 Å². The molecule has 0 spiro atoms. The lowest BCUT2D eigenvalue weighted by atomic mass is 9.66. The third kappa shape index (κ3) is 3.22. The first-order valence-electron chi connectivity index (χ1n) is 7.14. The zero-order valence-electron chi connectivity index (χ0n) is 11.7. The molecule has 1 fully saturated rings. The monoisotopic (exact) mass is 342 g/mol. The molecule has 2 unspecified atom stereocenters. The molecule has 1 saturated carbocycles. The fourth-order valence-corrected chi connectivity index (χ4v) is 3.79. The van der Waals surface area contributed by atoms with Crippen LogP contribution in [0.2, 0.25) is 0 Å². The number of rotatable bonds is 4. The van der Waals surface area contributed by atoms with E-state index in [2.05, 4.69) is 22.9 Å². The van der Waals surface area contributed by atoms with Crippen molar-refractivity contribution in [1.29, 1.82) is 0 Å². The molecule has 2 nitrogen and oxygen atoms in total. The highest BCUT2D eigenvalue weighted by Gasteiger charge is 2.42. The summed E-state index contributed by atoms with van der Waals surface area (Å²) in [6.07, 6.45) is 5.02. The van der Waals surface area contributed by atoms with E-state index in [0.717, 1.165) is 31.2 Å². The summed E-state index contributed by atoms with van der Waals surface area (Å²) >= 11 is 3.35. The van der Waals surface area contributed by atoms with E-state index in [0.29, 0.717) is 23.2 Å². The maximum atomic E-state index is 13.2. The highest BCUT2D eigenvalue weighted by atomic mass is 79.9. The second-order valence-electron chi connectivity index (χ2n) is 5.87. The summed E-state index contributed by atoms with van der Waals surface area (Å²) in [6, 6.07) is 4.50. The summed E-state index contributed by atoms with van der Waals surface area (Å²) in [5, 5.41) is 9.72. The largest absolute Gasteiger partial charge is 0.481 e. The van der Waals surface area contributed by atoms with E-state index in [-0.39, 0.29) is 5.82 Å². The van der Waals surface area contributed by atoms with Crippen molar-refractivity contribution in [2.75, 3.05) is 0 Å². The minimum Gasteiger partial charge on any atom is -0.481 e. The van der Waals surface area contributed by atoms with Crippen LogP contribution in [0.3, 0.4) is 0 Å². The fraction of sp³-hybridized carbons (Fsp3) is 0.562. The molecule has 0 amide bonds. The summed E-state index contributed by atoms with van der Waals surface area (Å²) in [5.74, 6) is -0.536. The Bertz CT molecular complexity index is 503. The van der Waals surface area contributed by atoms with Gasteiger partial charge in [0.1, 0.15) is 5.82 Å². The van der Waals surface area contributed by atoms with Gasteiger partial charge in [0.15, 0.2) is 0 Å². The first-order chi connectivity index (χ1) is 9.47. The summed E-state index contributed by atoms with van der Waals surface area (Å²) in [6.45, 7) is 2.12. The van der Waals surface area contributed by atoms with Gasteiger partial charge in [-0.1, -0.05) is 48.2 Å². The van der Waals surface area contributed by atoms with Crippen LogP contribution in [0.4, 0.5) is 4.39 Å². The van der Waals surface area contributed by atoms with Gasteiger partial charge in [-0.25, -0.2) is 4.39 Å². The van der Waals surface area contributed by atoms with Crippen molar-refractivity contribution < 1.29 is 14.3 Å². The van der Waals surface area contributed by atoms with Crippen molar-refractivity contribution >= 4 is 21.9 Å². The molecule has 0 aliphatic heterocycles. The van der Waals surface area contributed by atoms with Crippen LogP contribution in [-0.2, 0) is 11.2 Å². The van der Waals surface area contributed by atoms with Gasteiger partial charge in [0, 0.05) is 4.47 Å². The molecule has 2 atom stereocenters. The Kier molecular flexibility index (Phi) is 4.84. The number of aliphatic carboxylic acids is 1. The predicted octanol–water partition coefficient (Wildman–Crippen LogP) is 4.80. The molecule has 0 bridgehead atoms. The zero-order chi connectivity index (χ0) is 14.8. The fourth-order valence-electron chi connectivity index (χ4n) is 3.29. The highest BCUT2D eigenvalue weighted by Crippen LogP contribution is 2.44. The molecule has 0 heterocycles. The van der Waals surface area contributed by atoms with E-state index in [9.17, 15) is 14.3 Å². The van der Waals surface area contributed by atoms with Crippen LogP contribution in [-0.4, -0.2) is 11.1 Å². The molecule has 1 aromatic rings. The van der Waals surface area contributed by atoms with E-state index in [1.54, 1.807) is 6.07 Å². The number of hydrogen-bond acceptors (Lipinski definition) is 1. The lowest BCUT2D eigenvalue weighted by Crippen LogP contribution is -2.38. The van der Waals surface area contributed by atoms with Crippen molar-refractivity contribution in [3.8, 4) is 0 Å². The minimum absolute atomic E-state index is 0.305. The van der Waals surface area contributed by atoms with E-state index in [4.69, 9.17) is 0 Å². The van der Waals surface area contributed by atoms with Gasteiger partial charge in [-0.3, -0.25) is 4.79 Å².